The number of hydrogen-bond donors (Lipinski definition) is 0. The van der Waals surface area contributed by atoms with Crippen molar-refractivity contribution in [3.05, 3.63) is 46.7 Å². The standard InChI is InChI=1S/C12H10BrN5O/c1-19-11-7-8(2-4-15-11)6-10-14-5-3-9-16-12(13)17-18(9)10/h2-5,7H,6H2,1H3. The molecule has 0 saturated carbocycles. The van der Waals surface area contributed by atoms with Gasteiger partial charge in [-0.1, -0.05) is 0 Å². The second kappa shape index (κ2) is 4.93. The predicted molar refractivity (Wildman–Crippen MR) is 72.1 cm³/mol. The van der Waals surface area contributed by atoms with Crippen molar-refractivity contribution >= 4 is 21.6 Å². The minimum atomic E-state index is 0.550. The van der Waals surface area contributed by atoms with Gasteiger partial charge in [-0.05, 0) is 27.6 Å². The van der Waals surface area contributed by atoms with Gasteiger partial charge in [0, 0.05) is 30.9 Å². The van der Waals surface area contributed by atoms with E-state index in [4.69, 9.17) is 4.74 Å². The first kappa shape index (κ1) is 12.0. The fraction of sp³-hybridized carbons (Fsp3) is 0.167. The zero-order chi connectivity index (χ0) is 13.2. The van der Waals surface area contributed by atoms with Gasteiger partial charge in [0.25, 0.3) is 0 Å². The number of nitrogens with zero attached hydrogens (tertiary/aromatic N) is 5. The normalized spacial score (nSPS) is 10.8. The smallest absolute Gasteiger partial charge is 0.218 e. The molecule has 0 fully saturated rings. The molecule has 0 amide bonds. The molecule has 3 aromatic rings. The minimum absolute atomic E-state index is 0.550. The molecular formula is C12H10BrN5O. The molecular weight excluding hydrogens is 310 g/mol. The molecule has 0 aromatic carbocycles. The molecule has 0 spiro atoms. The van der Waals surface area contributed by atoms with E-state index in [1.165, 1.54) is 0 Å². The third-order valence-electron chi connectivity index (χ3n) is 2.67. The van der Waals surface area contributed by atoms with Crippen molar-refractivity contribution < 1.29 is 4.74 Å². The number of methoxy groups -OCH3 is 1. The van der Waals surface area contributed by atoms with E-state index in [9.17, 15) is 0 Å². The molecule has 0 saturated heterocycles. The third-order valence-corrected chi connectivity index (χ3v) is 3.00. The number of aromatic nitrogens is 5. The molecule has 0 atom stereocenters. The van der Waals surface area contributed by atoms with Gasteiger partial charge in [-0.3, -0.25) is 0 Å². The molecule has 96 valence electrons. The van der Waals surface area contributed by atoms with Crippen molar-refractivity contribution in [2.75, 3.05) is 7.11 Å². The lowest BCUT2D eigenvalue weighted by Crippen LogP contribution is -2.03. The first-order chi connectivity index (χ1) is 9.26. The van der Waals surface area contributed by atoms with Gasteiger partial charge >= 0.3 is 0 Å². The van der Waals surface area contributed by atoms with E-state index in [-0.39, 0.29) is 0 Å². The van der Waals surface area contributed by atoms with Crippen LogP contribution in [0.3, 0.4) is 0 Å². The Bertz CT molecular complexity index is 727. The van der Waals surface area contributed by atoms with Crippen molar-refractivity contribution in [2.24, 2.45) is 0 Å². The van der Waals surface area contributed by atoms with Crippen LogP contribution in [-0.2, 0) is 6.42 Å². The Hall–Kier alpha value is -2.02. The van der Waals surface area contributed by atoms with Crippen LogP contribution in [0.5, 0.6) is 5.88 Å². The molecule has 0 radical (unpaired) electrons. The molecule has 0 aliphatic rings. The summed E-state index contributed by atoms with van der Waals surface area (Å²) in [6.07, 6.45) is 4.07. The van der Waals surface area contributed by atoms with E-state index < -0.39 is 0 Å². The predicted octanol–water partition coefficient (Wildman–Crippen LogP) is 1.88. The Morgan fingerprint density at radius 1 is 1.26 bits per heavy atom. The summed E-state index contributed by atoms with van der Waals surface area (Å²) in [5, 5.41) is 4.26. The second-order valence-corrected chi connectivity index (χ2v) is 4.60. The quantitative estimate of drug-likeness (QED) is 0.737. The van der Waals surface area contributed by atoms with E-state index >= 15 is 0 Å². The highest BCUT2D eigenvalue weighted by Crippen LogP contribution is 2.14. The summed E-state index contributed by atoms with van der Waals surface area (Å²) in [4.78, 5) is 12.7. The molecule has 7 heteroatoms. The summed E-state index contributed by atoms with van der Waals surface area (Å²) in [6, 6.07) is 5.62. The number of fused-ring (bicyclic) bond motifs is 1. The van der Waals surface area contributed by atoms with Crippen LogP contribution in [0.2, 0.25) is 0 Å². The summed E-state index contributed by atoms with van der Waals surface area (Å²) in [5.41, 5.74) is 1.82. The summed E-state index contributed by atoms with van der Waals surface area (Å²) in [7, 11) is 1.60. The maximum absolute atomic E-state index is 5.11. The van der Waals surface area contributed by atoms with E-state index in [0.717, 1.165) is 17.0 Å². The summed E-state index contributed by atoms with van der Waals surface area (Å²) in [6.45, 7) is 0. The number of pyridine rings is 1. The first-order valence-electron chi connectivity index (χ1n) is 5.61. The van der Waals surface area contributed by atoms with Crippen molar-refractivity contribution in [3.63, 3.8) is 0 Å². The molecule has 0 aliphatic carbocycles. The lowest BCUT2D eigenvalue weighted by molar-refractivity contribution is 0.397. The van der Waals surface area contributed by atoms with Crippen molar-refractivity contribution in [3.8, 4) is 5.88 Å². The van der Waals surface area contributed by atoms with Gasteiger partial charge in [-0.15, -0.1) is 5.10 Å². The third kappa shape index (κ3) is 2.41. The fourth-order valence-corrected chi connectivity index (χ4v) is 2.16. The molecule has 0 N–H and O–H groups in total. The number of ether oxygens (including phenoxy) is 1. The van der Waals surface area contributed by atoms with Crippen LogP contribution in [0, 0.1) is 0 Å². The summed E-state index contributed by atoms with van der Waals surface area (Å²) < 4.78 is 7.38. The topological polar surface area (TPSA) is 65.2 Å². The molecule has 3 rings (SSSR count). The Labute approximate surface area is 117 Å². The van der Waals surface area contributed by atoms with Gasteiger partial charge in [0.05, 0.1) is 7.11 Å². The maximum atomic E-state index is 5.11. The van der Waals surface area contributed by atoms with Crippen LogP contribution in [0.15, 0.2) is 35.3 Å². The van der Waals surface area contributed by atoms with Gasteiger partial charge < -0.3 is 4.74 Å². The summed E-state index contributed by atoms with van der Waals surface area (Å²) in [5.74, 6) is 1.40. The molecule has 19 heavy (non-hydrogen) atoms. The van der Waals surface area contributed by atoms with Crippen molar-refractivity contribution in [1.29, 1.82) is 0 Å². The van der Waals surface area contributed by atoms with E-state index in [0.29, 0.717) is 17.0 Å². The number of rotatable bonds is 3. The van der Waals surface area contributed by atoms with E-state index in [1.54, 1.807) is 24.0 Å². The van der Waals surface area contributed by atoms with Crippen LogP contribution >= 0.6 is 15.9 Å². The highest BCUT2D eigenvalue weighted by atomic mass is 79.9. The van der Waals surface area contributed by atoms with Crippen LogP contribution in [0.1, 0.15) is 11.4 Å². The molecule has 0 bridgehead atoms. The lowest BCUT2D eigenvalue weighted by Gasteiger charge is -2.04. The number of halogens is 1. The molecule has 0 aliphatic heterocycles. The zero-order valence-electron chi connectivity index (χ0n) is 10.1. The fourth-order valence-electron chi connectivity index (χ4n) is 1.82. The Balaban J connectivity index is 2.00. The highest BCUT2D eigenvalue weighted by molar-refractivity contribution is 9.10. The van der Waals surface area contributed by atoms with Crippen LogP contribution in [0.25, 0.3) is 5.65 Å². The Morgan fingerprint density at radius 3 is 2.95 bits per heavy atom. The largest absolute Gasteiger partial charge is 0.481 e. The average Bonchev–Trinajstić information content (AvgIpc) is 2.80. The maximum Gasteiger partial charge on any atom is 0.218 e. The van der Waals surface area contributed by atoms with Gasteiger partial charge in [0.15, 0.2) is 5.65 Å². The van der Waals surface area contributed by atoms with Crippen molar-refractivity contribution in [1.82, 2.24) is 24.6 Å². The lowest BCUT2D eigenvalue weighted by atomic mass is 10.2. The van der Waals surface area contributed by atoms with Gasteiger partial charge in [0.1, 0.15) is 5.82 Å². The van der Waals surface area contributed by atoms with Crippen molar-refractivity contribution in [2.45, 2.75) is 6.42 Å². The zero-order valence-corrected chi connectivity index (χ0v) is 11.7. The van der Waals surface area contributed by atoms with Crippen LogP contribution in [0.4, 0.5) is 0 Å². The molecule has 3 heterocycles. The second-order valence-electron chi connectivity index (χ2n) is 3.90. The van der Waals surface area contributed by atoms with Gasteiger partial charge in [-0.25, -0.2) is 15.0 Å². The van der Waals surface area contributed by atoms with Crippen LogP contribution in [-0.4, -0.2) is 31.7 Å². The van der Waals surface area contributed by atoms with E-state index in [2.05, 4.69) is 36.0 Å². The first-order valence-corrected chi connectivity index (χ1v) is 6.40. The summed E-state index contributed by atoms with van der Waals surface area (Å²) >= 11 is 3.27. The Morgan fingerprint density at radius 2 is 2.11 bits per heavy atom. The highest BCUT2D eigenvalue weighted by Gasteiger charge is 2.08. The minimum Gasteiger partial charge on any atom is -0.481 e. The molecule has 0 unspecified atom stereocenters. The Kier molecular flexibility index (Phi) is 3.12. The van der Waals surface area contributed by atoms with Gasteiger partial charge in [-0.2, -0.15) is 4.52 Å². The average molecular weight is 320 g/mol. The van der Waals surface area contributed by atoms with Crippen LogP contribution < -0.4 is 4.74 Å². The van der Waals surface area contributed by atoms with Gasteiger partial charge in [0.2, 0.25) is 10.6 Å². The van der Waals surface area contributed by atoms with E-state index in [1.807, 2.05) is 18.2 Å². The molecule has 6 nitrogen and oxygen atoms in total. The SMILES string of the molecule is COc1cc(Cc2nccc3nc(Br)nn23)ccn1. The number of hydrogen-bond acceptors (Lipinski definition) is 5. The molecule has 3 aromatic heterocycles. The monoisotopic (exact) mass is 319 g/mol.